The van der Waals surface area contributed by atoms with E-state index in [1.165, 1.54) is 22.3 Å². The van der Waals surface area contributed by atoms with Gasteiger partial charge in [-0.15, -0.1) is 6.92 Å². The van der Waals surface area contributed by atoms with Gasteiger partial charge < -0.3 is 24.8 Å². The average molecular weight is 436 g/mol. The maximum absolute atomic E-state index is 3.29. The van der Waals surface area contributed by atoms with Crippen LogP contribution in [0.4, 0.5) is 0 Å². The van der Waals surface area contributed by atoms with Crippen LogP contribution in [0.1, 0.15) is 41.5 Å². The minimum absolute atomic E-state index is 0. The second kappa shape index (κ2) is 14.2. The summed E-state index contributed by atoms with van der Waals surface area (Å²) in [6, 6.07) is 0. The van der Waals surface area contributed by atoms with Crippen LogP contribution < -0.4 is 24.8 Å². The summed E-state index contributed by atoms with van der Waals surface area (Å²) in [5.74, 6) is 5.78. The van der Waals surface area contributed by atoms with Crippen LogP contribution in [0, 0.1) is 24.0 Å². The van der Waals surface area contributed by atoms with Crippen LogP contribution in [0.25, 0.3) is 0 Å². The van der Waals surface area contributed by atoms with E-state index in [1.54, 1.807) is 0 Å². The Morgan fingerprint density at radius 1 is 1.00 bits per heavy atom. The standard InChI is InChI=1S/2C8H11.C2H6Ge.2ClH.Ti/c2*1-6-4-7(2)8(3)5-6;1-3-2;;;/h4,8H,1-3H3;4,6H,1-3H3;1-2H3;2*1H;/q2*-1;;;;+2/p-2. The van der Waals surface area contributed by atoms with Gasteiger partial charge in [0.2, 0.25) is 0 Å². The monoisotopic (exact) mass is 436 g/mol. The Morgan fingerprint density at radius 3 is 1.55 bits per heavy atom. The number of hydrogen-bond acceptors (Lipinski definition) is 0. The van der Waals surface area contributed by atoms with Gasteiger partial charge in [0.25, 0.3) is 0 Å². The molecular weight excluding hydrogens is 408 g/mol. The molecule has 0 aromatic carbocycles. The third-order valence-corrected chi connectivity index (χ3v) is 3.11. The van der Waals surface area contributed by atoms with Crippen molar-refractivity contribution in [2.45, 2.75) is 53.1 Å². The van der Waals surface area contributed by atoms with Crippen LogP contribution in [0.3, 0.4) is 0 Å². The van der Waals surface area contributed by atoms with Crippen molar-refractivity contribution >= 4 is 11.0 Å². The molecule has 2 aliphatic rings. The minimum Gasteiger partial charge on any atom is -1.00 e. The molecule has 0 heterocycles. The zero-order chi connectivity index (χ0) is 15.9. The first kappa shape index (κ1) is 27.6. The molecule has 0 amide bonds. The van der Waals surface area contributed by atoms with Crippen LogP contribution in [-0.2, 0) is 17.6 Å². The Balaban J connectivity index is -0.000000249. The fourth-order valence-corrected chi connectivity index (χ4v) is 1.96. The van der Waals surface area contributed by atoms with E-state index >= 15 is 0 Å². The Morgan fingerprint density at radius 2 is 1.45 bits per heavy atom. The molecule has 0 aliphatic heterocycles. The number of allylic oxidation sites excluding steroid dienone is 8. The zero-order valence-electron chi connectivity index (χ0n) is 15.1. The molecule has 124 valence electrons. The molecule has 22 heavy (non-hydrogen) atoms. The van der Waals surface area contributed by atoms with E-state index in [0.717, 1.165) is 0 Å². The fourth-order valence-electron chi connectivity index (χ4n) is 1.96. The second-order valence-electron chi connectivity index (χ2n) is 5.85. The largest absolute Gasteiger partial charge is 1.00 e. The van der Waals surface area contributed by atoms with Gasteiger partial charge in [0.05, 0.1) is 0 Å². The number of hydrogen-bond donors (Lipinski definition) is 0. The molecular formula is C18H28Cl2GeTi-2. The summed E-state index contributed by atoms with van der Waals surface area (Å²) in [7, 11) is -0.333. The molecule has 2 atom stereocenters. The van der Waals surface area contributed by atoms with Crippen LogP contribution in [-0.4, -0.2) is 11.0 Å². The Kier molecular flexibility index (Phi) is 17.8. The third-order valence-electron chi connectivity index (χ3n) is 3.11. The van der Waals surface area contributed by atoms with Crippen molar-refractivity contribution in [2.24, 2.45) is 11.8 Å². The second-order valence-corrected chi connectivity index (χ2v) is 18.2. The van der Waals surface area contributed by atoms with Crippen molar-refractivity contribution < 1.29 is 42.4 Å². The molecule has 0 bridgehead atoms. The summed E-state index contributed by atoms with van der Waals surface area (Å²) >= 11 is 2.33. The van der Waals surface area contributed by atoms with E-state index in [1.807, 2.05) is 0 Å². The van der Waals surface area contributed by atoms with Gasteiger partial charge in [0.15, 0.2) is 0 Å². The molecule has 2 unspecified atom stereocenters. The van der Waals surface area contributed by atoms with E-state index in [2.05, 4.69) is 95.0 Å². The molecule has 0 saturated carbocycles. The number of rotatable bonds is 0. The SMILES string of the molecule is CC1=[C-]C(C)C(C)=C1.CC1=[C-]C(C)C=C1C.[CH3][Ge]([CH3])=[Ti+2].[Cl-].[Cl-]. The molecule has 4 heteroatoms. The molecule has 0 fully saturated rings. The fraction of sp³-hybridized carbons (Fsp3) is 0.556. The zero-order valence-corrected chi connectivity index (χ0v) is 20.2. The van der Waals surface area contributed by atoms with E-state index in [9.17, 15) is 0 Å². The molecule has 0 aromatic rings. The Labute approximate surface area is 164 Å². The van der Waals surface area contributed by atoms with E-state index < -0.39 is 0 Å². The van der Waals surface area contributed by atoms with Crippen LogP contribution >= 0.6 is 0 Å². The van der Waals surface area contributed by atoms with Gasteiger partial charge in [0, 0.05) is 0 Å². The Hall–Kier alpha value is 0.797. The molecule has 2 rings (SSSR count). The summed E-state index contributed by atoms with van der Waals surface area (Å²) in [5.41, 5.74) is 5.42. The van der Waals surface area contributed by atoms with Crippen molar-refractivity contribution in [2.75, 3.05) is 0 Å². The normalized spacial score (nSPS) is 21.4. The predicted molar refractivity (Wildman–Crippen MR) is 88.2 cm³/mol. The molecule has 0 saturated heterocycles. The molecule has 0 spiro atoms. The van der Waals surface area contributed by atoms with Gasteiger partial charge in [-0.25, -0.2) is 22.8 Å². The third kappa shape index (κ3) is 13.3. The van der Waals surface area contributed by atoms with Crippen molar-refractivity contribution in [1.29, 1.82) is 0 Å². The van der Waals surface area contributed by atoms with Gasteiger partial charge in [-0.1, -0.05) is 46.5 Å². The topological polar surface area (TPSA) is 0 Å². The maximum atomic E-state index is 3.29. The average Bonchev–Trinajstić information content (AvgIpc) is 2.70. The quantitative estimate of drug-likeness (QED) is 0.354. The maximum Gasteiger partial charge on any atom is -1.00 e. The summed E-state index contributed by atoms with van der Waals surface area (Å²) in [5, 5.41) is 0. The summed E-state index contributed by atoms with van der Waals surface area (Å²) in [4.78, 5) is 0. The van der Waals surface area contributed by atoms with Crippen LogP contribution in [0.5, 0.6) is 0 Å². The van der Waals surface area contributed by atoms with Crippen molar-refractivity contribution in [1.82, 2.24) is 0 Å². The summed E-state index contributed by atoms with van der Waals surface area (Å²) in [6.45, 7) is 12.8. The van der Waals surface area contributed by atoms with Gasteiger partial charge in [-0.05, 0) is 0 Å². The van der Waals surface area contributed by atoms with Gasteiger partial charge in [-0.3, -0.25) is 12.2 Å². The first-order chi connectivity index (χ1) is 9.13. The molecule has 0 aromatic heterocycles. The smallest absolute Gasteiger partial charge is 1.00 e. The predicted octanol–water partition coefficient (Wildman–Crippen LogP) is -0.544. The first-order valence-corrected chi connectivity index (χ1v) is 16.5. The molecule has 0 nitrogen and oxygen atoms in total. The van der Waals surface area contributed by atoms with Crippen molar-refractivity contribution in [3.8, 4) is 0 Å². The first-order valence-electron chi connectivity index (χ1n) is 7.22. The number of halogens is 2. The van der Waals surface area contributed by atoms with E-state index in [0.29, 0.717) is 11.8 Å². The molecule has 0 radical (unpaired) electrons. The van der Waals surface area contributed by atoms with Gasteiger partial charge in [-0.2, -0.15) is 11.6 Å². The van der Waals surface area contributed by atoms with Gasteiger partial charge >= 0.3 is 40.1 Å². The van der Waals surface area contributed by atoms with E-state index in [-0.39, 0.29) is 35.8 Å². The minimum atomic E-state index is -0.333. The molecule has 0 N–H and O–H groups in total. The van der Waals surface area contributed by atoms with Crippen LogP contribution in [0.15, 0.2) is 34.4 Å². The van der Waals surface area contributed by atoms with Crippen molar-refractivity contribution in [3.63, 3.8) is 0 Å². The molecule has 2 aliphatic carbocycles. The van der Waals surface area contributed by atoms with E-state index in [4.69, 9.17) is 0 Å². The van der Waals surface area contributed by atoms with Crippen molar-refractivity contribution in [3.05, 3.63) is 46.6 Å². The summed E-state index contributed by atoms with van der Waals surface area (Å²) < 4.78 is 0. The van der Waals surface area contributed by atoms with Crippen LogP contribution in [0.2, 0.25) is 11.5 Å². The van der Waals surface area contributed by atoms with Gasteiger partial charge in [0.1, 0.15) is 0 Å². The Bertz CT molecular complexity index is 451. The summed E-state index contributed by atoms with van der Waals surface area (Å²) in [6.07, 6.45) is 11.0.